The maximum atomic E-state index is 10.6. The van der Waals surface area contributed by atoms with Gasteiger partial charge in [0.25, 0.3) is 0 Å². The lowest BCUT2D eigenvalue weighted by Gasteiger charge is -2.31. The van der Waals surface area contributed by atoms with E-state index >= 15 is 0 Å². The second-order valence-electron chi connectivity index (χ2n) is 7.41. The van der Waals surface area contributed by atoms with Crippen LogP contribution in [-0.4, -0.2) is 27.5 Å². The summed E-state index contributed by atoms with van der Waals surface area (Å²) in [6, 6.07) is 10.9. The number of aromatic nitrogens is 2. The standard InChI is InChI=1S/C19H29N3O/c1-15(11-18(2,3)16-9-7-6-8-10-16)20-14-19(4,23)17-12-21-22(5)13-17/h6-10,12-13,15,20,23H,11,14H2,1-5H3. The average molecular weight is 315 g/mol. The molecule has 1 aromatic heterocycles. The minimum absolute atomic E-state index is 0.0911. The Balaban J connectivity index is 1.93. The van der Waals surface area contributed by atoms with Crippen LogP contribution >= 0.6 is 0 Å². The van der Waals surface area contributed by atoms with Gasteiger partial charge < -0.3 is 10.4 Å². The summed E-state index contributed by atoms with van der Waals surface area (Å²) in [6.07, 6.45) is 4.58. The summed E-state index contributed by atoms with van der Waals surface area (Å²) < 4.78 is 1.71. The summed E-state index contributed by atoms with van der Waals surface area (Å²) in [7, 11) is 1.86. The molecule has 23 heavy (non-hydrogen) atoms. The topological polar surface area (TPSA) is 50.1 Å². The number of hydrogen-bond donors (Lipinski definition) is 2. The smallest absolute Gasteiger partial charge is 0.102 e. The zero-order valence-electron chi connectivity index (χ0n) is 14.9. The van der Waals surface area contributed by atoms with Crippen molar-refractivity contribution in [3.63, 3.8) is 0 Å². The minimum Gasteiger partial charge on any atom is -0.384 e. The van der Waals surface area contributed by atoms with Crippen molar-refractivity contribution in [3.8, 4) is 0 Å². The van der Waals surface area contributed by atoms with E-state index < -0.39 is 5.60 Å². The van der Waals surface area contributed by atoms with E-state index in [2.05, 4.69) is 55.5 Å². The van der Waals surface area contributed by atoms with Gasteiger partial charge in [-0.2, -0.15) is 5.10 Å². The molecule has 0 aliphatic carbocycles. The molecule has 0 aliphatic rings. The van der Waals surface area contributed by atoms with Crippen LogP contribution in [0, 0.1) is 0 Å². The normalized spacial score (nSPS) is 16.1. The lowest BCUT2D eigenvalue weighted by atomic mass is 9.79. The molecular formula is C19H29N3O. The number of nitrogens with zero attached hydrogens (tertiary/aromatic N) is 2. The fourth-order valence-electron chi connectivity index (χ4n) is 3.02. The van der Waals surface area contributed by atoms with Gasteiger partial charge in [0.15, 0.2) is 0 Å². The van der Waals surface area contributed by atoms with E-state index in [1.807, 2.05) is 26.2 Å². The van der Waals surface area contributed by atoms with Gasteiger partial charge in [0.2, 0.25) is 0 Å². The Hall–Kier alpha value is -1.65. The maximum Gasteiger partial charge on any atom is 0.102 e. The first-order valence-corrected chi connectivity index (χ1v) is 8.21. The third kappa shape index (κ3) is 4.66. The van der Waals surface area contributed by atoms with E-state index in [-0.39, 0.29) is 5.41 Å². The van der Waals surface area contributed by atoms with Crippen molar-refractivity contribution in [1.82, 2.24) is 15.1 Å². The molecule has 0 spiro atoms. The molecule has 0 fully saturated rings. The predicted molar refractivity (Wildman–Crippen MR) is 94.3 cm³/mol. The van der Waals surface area contributed by atoms with Gasteiger partial charge in [-0.15, -0.1) is 0 Å². The summed E-state index contributed by atoms with van der Waals surface area (Å²) in [5, 5.41) is 18.3. The Morgan fingerprint density at radius 3 is 2.39 bits per heavy atom. The lowest BCUT2D eigenvalue weighted by molar-refractivity contribution is 0.0533. The highest BCUT2D eigenvalue weighted by molar-refractivity contribution is 5.23. The number of aliphatic hydroxyl groups is 1. The highest BCUT2D eigenvalue weighted by Crippen LogP contribution is 2.28. The summed E-state index contributed by atoms with van der Waals surface area (Å²) in [5.74, 6) is 0. The molecule has 1 aromatic carbocycles. The molecule has 4 heteroatoms. The van der Waals surface area contributed by atoms with Gasteiger partial charge in [0.1, 0.15) is 5.60 Å². The monoisotopic (exact) mass is 315 g/mol. The van der Waals surface area contributed by atoms with Crippen molar-refractivity contribution in [1.29, 1.82) is 0 Å². The predicted octanol–water partition coefficient (Wildman–Crippen LogP) is 2.97. The molecule has 2 atom stereocenters. The van der Waals surface area contributed by atoms with E-state index in [4.69, 9.17) is 0 Å². The Bertz CT molecular complexity index is 617. The molecule has 4 nitrogen and oxygen atoms in total. The van der Waals surface area contributed by atoms with Gasteiger partial charge in [0.05, 0.1) is 6.20 Å². The average Bonchev–Trinajstić information content (AvgIpc) is 2.93. The van der Waals surface area contributed by atoms with Gasteiger partial charge in [-0.05, 0) is 31.2 Å². The Morgan fingerprint density at radius 2 is 1.83 bits per heavy atom. The van der Waals surface area contributed by atoms with Gasteiger partial charge in [-0.25, -0.2) is 0 Å². The molecule has 0 saturated carbocycles. The molecule has 0 radical (unpaired) electrons. The number of aryl methyl sites for hydroxylation is 1. The van der Waals surface area contributed by atoms with E-state index in [0.29, 0.717) is 12.6 Å². The highest BCUT2D eigenvalue weighted by Gasteiger charge is 2.27. The molecule has 0 saturated heterocycles. The second-order valence-corrected chi connectivity index (χ2v) is 7.41. The van der Waals surface area contributed by atoms with Crippen LogP contribution in [0.1, 0.15) is 45.2 Å². The van der Waals surface area contributed by atoms with Crippen LogP contribution in [0.25, 0.3) is 0 Å². The first kappa shape index (κ1) is 17.7. The van der Waals surface area contributed by atoms with E-state index in [9.17, 15) is 5.11 Å². The van der Waals surface area contributed by atoms with Crippen LogP contribution < -0.4 is 5.32 Å². The zero-order valence-corrected chi connectivity index (χ0v) is 14.9. The van der Waals surface area contributed by atoms with Crippen molar-refractivity contribution in [2.24, 2.45) is 7.05 Å². The minimum atomic E-state index is -0.917. The number of rotatable bonds is 7. The third-order valence-electron chi connectivity index (χ3n) is 4.49. The molecular weight excluding hydrogens is 286 g/mol. The molecule has 1 heterocycles. The number of benzene rings is 1. The highest BCUT2D eigenvalue weighted by atomic mass is 16.3. The van der Waals surface area contributed by atoms with E-state index in [1.165, 1.54) is 5.56 Å². The van der Waals surface area contributed by atoms with Crippen LogP contribution in [0.4, 0.5) is 0 Å². The first-order chi connectivity index (χ1) is 10.7. The van der Waals surface area contributed by atoms with E-state index in [0.717, 1.165) is 12.0 Å². The summed E-state index contributed by atoms with van der Waals surface area (Å²) in [5.41, 5.74) is 1.35. The van der Waals surface area contributed by atoms with E-state index in [1.54, 1.807) is 10.9 Å². The van der Waals surface area contributed by atoms with Gasteiger partial charge in [-0.3, -0.25) is 4.68 Å². The van der Waals surface area contributed by atoms with Crippen LogP contribution in [-0.2, 0) is 18.1 Å². The van der Waals surface area contributed by atoms with Crippen molar-refractivity contribution in [2.75, 3.05) is 6.54 Å². The fourth-order valence-corrected chi connectivity index (χ4v) is 3.02. The molecule has 2 N–H and O–H groups in total. The molecule has 2 rings (SSSR count). The van der Waals surface area contributed by atoms with Gasteiger partial charge in [-0.1, -0.05) is 44.2 Å². The first-order valence-electron chi connectivity index (χ1n) is 8.21. The molecule has 0 bridgehead atoms. The van der Waals surface area contributed by atoms with Crippen molar-refractivity contribution < 1.29 is 5.11 Å². The van der Waals surface area contributed by atoms with Crippen LogP contribution in [0.2, 0.25) is 0 Å². The van der Waals surface area contributed by atoms with Crippen LogP contribution in [0.3, 0.4) is 0 Å². The lowest BCUT2D eigenvalue weighted by Crippen LogP contribution is -2.41. The molecule has 126 valence electrons. The Morgan fingerprint density at radius 1 is 1.17 bits per heavy atom. The third-order valence-corrected chi connectivity index (χ3v) is 4.49. The van der Waals surface area contributed by atoms with Gasteiger partial charge in [0, 0.05) is 31.4 Å². The maximum absolute atomic E-state index is 10.6. The van der Waals surface area contributed by atoms with Crippen molar-refractivity contribution in [3.05, 3.63) is 53.9 Å². The number of hydrogen-bond acceptors (Lipinski definition) is 3. The Labute approximate surface area is 139 Å². The molecule has 0 amide bonds. The van der Waals surface area contributed by atoms with Crippen molar-refractivity contribution in [2.45, 2.75) is 51.2 Å². The SMILES string of the molecule is CC(CC(C)(C)c1ccccc1)NCC(C)(O)c1cnn(C)c1. The summed E-state index contributed by atoms with van der Waals surface area (Å²) in [4.78, 5) is 0. The number of nitrogens with one attached hydrogen (secondary N) is 1. The fraction of sp³-hybridized carbons (Fsp3) is 0.526. The van der Waals surface area contributed by atoms with Crippen LogP contribution in [0.15, 0.2) is 42.7 Å². The van der Waals surface area contributed by atoms with Crippen LogP contribution in [0.5, 0.6) is 0 Å². The molecule has 0 aliphatic heterocycles. The Kier molecular flexibility index (Phi) is 5.27. The second kappa shape index (κ2) is 6.85. The molecule has 2 aromatic rings. The largest absolute Gasteiger partial charge is 0.384 e. The van der Waals surface area contributed by atoms with Gasteiger partial charge >= 0.3 is 0 Å². The van der Waals surface area contributed by atoms with Crippen molar-refractivity contribution >= 4 is 0 Å². The quantitative estimate of drug-likeness (QED) is 0.826. The summed E-state index contributed by atoms with van der Waals surface area (Å²) >= 11 is 0. The molecule has 2 unspecified atom stereocenters. The zero-order chi connectivity index (χ0) is 17.1. The summed E-state index contributed by atoms with van der Waals surface area (Å²) in [6.45, 7) is 9.03.